The number of thiazole rings is 1. The van der Waals surface area contributed by atoms with Crippen LogP contribution in [0.2, 0.25) is 0 Å². The van der Waals surface area contributed by atoms with E-state index in [1.807, 2.05) is 36.5 Å². The van der Waals surface area contributed by atoms with Gasteiger partial charge in [0.05, 0.1) is 22.2 Å². The van der Waals surface area contributed by atoms with Gasteiger partial charge in [0.25, 0.3) is 0 Å². The summed E-state index contributed by atoms with van der Waals surface area (Å²) in [6, 6.07) is 14.2. The van der Waals surface area contributed by atoms with Crippen molar-refractivity contribution in [2.45, 2.75) is 0 Å². The van der Waals surface area contributed by atoms with Gasteiger partial charge in [-0.15, -0.1) is 11.3 Å². The molecule has 110 valence electrons. The molecule has 0 unspecified atom stereocenters. The molecule has 23 heavy (non-hydrogen) atoms. The summed E-state index contributed by atoms with van der Waals surface area (Å²) in [7, 11) is 0. The van der Waals surface area contributed by atoms with Crippen molar-refractivity contribution in [3.05, 3.63) is 54.0 Å². The van der Waals surface area contributed by atoms with Crippen LogP contribution in [-0.2, 0) is 0 Å². The summed E-state index contributed by atoms with van der Waals surface area (Å²) in [6.45, 7) is 0. The topological polar surface area (TPSA) is 70.2 Å². The third kappa shape index (κ3) is 2.03. The number of rotatable bonds is 2. The number of H-pyrrole nitrogens is 2. The fourth-order valence-electron chi connectivity index (χ4n) is 2.67. The lowest BCUT2D eigenvalue weighted by molar-refractivity contribution is 1.12. The van der Waals surface area contributed by atoms with Crippen LogP contribution >= 0.6 is 11.3 Å². The SMILES string of the molecule is c1ccc(-c2csc(-c3nc4cc5c[nH]nc5cc4[nH]3)n2)cc1. The minimum atomic E-state index is 0.795. The zero-order valence-electron chi connectivity index (χ0n) is 11.9. The van der Waals surface area contributed by atoms with Crippen molar-refractivity contribution in [1.82, 2.24) is 25.1 Å². The molecule has 2 aromatic carbocycles. The van der Waals surface area contributed by atoms with Crippen LogP contribution in [0.25, 0.3) is 44.0 Å². The molecule has 5 nitrogen and oxygen atoms in total. The lowest BCUT2D eigenvalue weighted by Crippen LogP contribution is -1.80. The number of nitrogens with one attached hydrogen (secondary N) is 2. The van der Waals surface area contributed by atoms with E-state index in [0.29, 0.717) is 0 Å². The van der Waals surface area contributed by atoms with Crippen molar-refractivity contribution in [2.75, 3.05) is 0 Å². The Bertz CT molecular complexity index is 1070. The maximum Gasteiger partial charge on any atom is 0.167 e. The number of aromatic amines is 2. The van der Waals surface area contributed by atoms with Gasteiger partial charge >= 0.3 is 0 Å². The van der Waals surface area contributed by atoms with Gasteiger partial charge in [0.2, 0.25) is 0 Å². The number of aromatic nitrogens is 5. The second-order valence-corrected chi connectivity index (χ2v) is 6.16. The molecule has 0 bridgehead atoms. The zero-order chi connectivity index (χ0) is 15.2. The van der Waals surface area contributed by atoms with Crippen LogP contribution in [0.1, 0.15) is 0 Å². The minimum Gasteiger partial charge on any atom is -0.336 e. The summed E-state index contributed by atoms with van der Waals surface area (Å²) >= 11 is 1.59. The van der Waals surface area contributed by atoms with Crippen LogP contribution in [0, 0.1) is 0 Å². The molecule has 0 radical (unpaired) electrons. The van der Waals surface area contributed by atoms with E-state index in [1.54, 1.807) is 11.3 Å². The van der Waals surface area contributed by atoms with Gasteiger partial charge in [-0.1, -0.05) is 30.3 Å². The van der Waals surface area contributed by atoms with Crippen molar-refractivity contribution in [3.63, 3.8) is 0 Å². The van der Waals surface area contributed by atoms with Crippen molar-refractivity contribution in [1.29, 1.82) is 0 Å². The largest absolute Gasteiger partial charge is 0.336 e. The summed E-state index contributed by atoms with van der Waals surface area (Å²) in [5, 5.41) is 11.1. The molecule has 0 aliphatic heterocycles. The summed E-state index contributed by atoms with van der Waals surface area (Å²) in [6.07, 6.45) is 1.88. The van der Waals surface area contributed by atoms with E-state index in [1.165, 1.54) is 0 Å². The standard InChI is InChI=1S/C17H11N5S/c1-2-4-10(5-3-1)15-9-23-17(21-15)16-19-13-6-11-8-18-22-12(11)7-14(13)20-16/h1-9H,(H,18,22)(H,19,20). The Labute approximate surface area is 135 Å². The van der Waals surface area contributed by atoms with Crippen molar-refractivity contribution in [3.8, 4) is 22.1 Å². The van der Waals surface area contributed by atoms with Gasteiger partial charge in [0.15, 0.2) is 10.8 Å². The molecule has 0 saturated heterocycles. The van der Waals surface area contributed by atoms with E-state index in [0.717, 1.165) is 44.0 Å². The molecule has 0 saturated carbocycles. The number of imidazole rings is 1. The Hall–Kier alpha value is -2.99. The van der Waals surface area contributed by atoms with Crippen LogP contribution in [-0.4, -0.2) is 25.1 Å². The second kappa shape index (κ2) is 4.76. The molecule has 0 aliphatic rings. The van der Waals surface area contributed by atoms with Crippen LogP contribution in [0.4, 0.5) is 0 Å². The number of hydrogen-bond acceptors (Lipinski definition) is 4. The Morgan fingerprint density at radius 2 is 1.87 bits per heavy atom. The van der Waals surface area contributed by atoms with Gasteiger partial charge in [0.1, 0.15) is 0 Å². The average molecular weight is 317 g/mol. The lowest BCUT2D eigenvalue weighted by Gasteiger charge is -1.93. The van der Waals surface area contributed by atoms with Crippen LogP contribution in [0.15, 0.2) is 54.0 Å². The first-order valence-corrected chi connectivity index (χ1v) is 8.09. The highest BCUT2D eigenvalue weighted by Gasteiger charge is 2.12. The predicted octanol–water partition coefficient (Wildman–Crippen LogP) is 4.23. The van der Waals surface area contributed by atoms with E-state index in [9.17, 15) is 0 Å². The van der Waals surface area contributed by atoms with Gasteiger partial charge in [-0.05, 0) is 12.1 Å². The van der Waals surface area contributed by atoms with Gasteiger partial charge < -0.3 is 4.98 Å². The fraction of sp³-hybridized carbons (Fsp3) is 0. The Kier molecular flexibility index (Phi) is 2.59. The molecular weight excluding hydrogens is 306 g/mol. The molecule has 0 aliphatic carbocycles. The first-order chi connectivity index (χ1) is 11.4. The molecule has 0 spiro atoms. The summed E-state index contributed by atoms with van der Waals surface area (Å²) in [5.41, 5.74) is 4.91. The zero-order valence-corrected chi connectivity index (χ0v) is 12.8. The Morgan fingerprint density at radius 1 is 0.957 bits per heavy atom. The van der Waals surface area contributed by atoms with Gasteiger partial charge in [-0.25, -0.2) is 9.97 Å². The van der Waals surface area contributed by atoms with Crippen LogP contribution < -0.4 is 0 Å². The monoisotopic (exact) mass is 317 g/mol. The quantitative estimate of drug-likeness (QED) is 0.512. The molecule has 2 N–H and O–H groups in total. The molecule has 5 aromatic rings. The van der Waals surface area contributed by atoms with Crippen LogP contribution in [0.5, 0.6) is 0 Å². The Morgan fingerprint density at radius 3 is 2.78 bits per heavy atom. The smallest absolute Gasteiger partial charge is 0.167 e. The normalized spacial score (nSPS) is 11.5. The third-order valence-corrected chi connectivity index (χ3v) is 4.66. The highest BCUT2D eigenvalue weighted by Crippen LogP contribution is 2.29. The third-order valence-electron chi connectivity index (χ3n) is 3.81. The van der Waals surface area contributed by atoms with Gasteiger partial charge in [-0.2, -0.15) is 5.10 Å². The first kappa shape index (κ1) is 12.5. The van der Waals surface area contributed by atoms with E-state index < -0.39 is 0 Å². The summed E-state index contributed by atoms with van der Waals surface area (Å²) in [5.74, 6) is 0.795. The number of fused-ring (bicyclic) bond motifs is 2. The molecule has 0 amide bonds. The number of nitrogens with zero attached hydrogens (tertiary/aromatic N) is 3. The maximum absolute atomic E-state index is 4.71. The molecule has 6 heteroatoms. The highest BCUT2D eigenvalue weighted by atomic mass is 32.1. The summed E-state index contributed by atoms with van der Waals surface area (Å²) in [4.78, 5) is 12.7. The maximum atomic E-state index is 4.71. The number of hydrogen-bond donors (Lipinski definition) is 2. The van der Waals surface area contributed by atoms with Crippen molar-refractivity contribution < 1.29 is 0 Å². The molecule has 0 atom stereocenters. The fourth-order valence-corrected chi connectivity index (χ4v) is 3.44. The van der Waals surface area contributed by atoms with E-state index in [4.69, 9.17) is 4.98 Å². The van der Waals surface area contributed by atoms with E-state index >= 15 is 0 Å². The molecular formula is C17H11N5S. The van der Waals surface area contributed by atoms with Crippen molar-refractivity contribution >= 4 is 33.3 Å². The Balaban J connectivity index is 1.61. The van der Waals surface area contributed by atoms with E-state index in [2.05, 4.69) is 37.7 Å². The lowest BCUT2D eigenvalue weighted by atomic mass is 10.2. The van der Waals surface area contributed by atoms with Crippen LogP contribution in [0.3, 0.4) is 0 Å². The van der Waals surface area contributed by atoms with E-state index in [-0.39, 0.29) is 0 Å². The highest BCUT2D eigenvalue weighted by molar-refractivity contribution is 7.13. The molecule has 5 rings (SSSR count). The summed E-state index contributed by atoms with van der Waals surface area (Å²) < 4.78 is 0. The van der Waals surface area contributed by atoms with Crippen molar-refractivity contribution in [2.24, 2.45) is 0 Å². The van der Waals surface area contributed by atoms with Gasteiger partial charge in [0, 0.05) is 22.5 Å². The average Bonchev–Trinajstić information content (AvgIpc) is 3.31. The number of benzene rings is 2. The second-order valence-electron chi connectivity index (χ2n) is 5.30. The predicted molar refractivity (Wildman–Crippen MR) is 92.3 cm³/mol. The van der Waals surface area contributed by atoms with Gasteiger partial charge in [-0.3, -0.25) is 5.10 Å². The molecule has 3 heterocycles. The first-order valence-electron chi connectivity index (χ1n) is 7.21. The molecule has 3 aromatic heterocycles. The molecule has 0 fully saturated rings. The minimum absolute atomic E-state index is 0.795.